The van der Waals surface area contributed by atoms with Crippen LogP contribution in [0, 0.1) is 5.92 Å². The predicted octanol–water partition coefficient (Wildman–Crippen LogP) is 1.62. The standard InChI is InChI=1S/C14H22N4/c1-2-9-18(8-1)14-6-5-13(16-17-14)10-12-4-3-7-15-11-12/h5-6,12,15H,1-4,7-11H2. The topological polar surface area (TPSA) is 41.1 Å². The largest absolute Gasteiger partial charge is 0.355 e. The van der Waals surface area contributed by atoms with E-state index < -0.39 is 0 Å². The van der Waals surface area contributed by atoms with Gasteiger partial charge in [-0.3, -0.25) is 0 Å². The molecule has 0 radical (unpaired) electrons. The third-order valence-corrected chi connectivity index (χ3v) is 4.03. The van der Waals surface area contributed by atoms with Gasteiger partial charge < -0.3 is 10.2 Å². The Morgan fingerprint density at radius 2 is 2.06 bits per heavy atom. The third kappa shape index (κ3) is 2.80. The summed E-state index contributed by atoms with van der Waals surface area (Å²) in [5.74, 6) is 1.80. The maximum Gasteiger partial charge on any atom is 0.151 e. The van der Waals surface area contributed by atoms with Crippen molar-refractivity contribution >= 4 is 5.82 Å². The highest BCUT2D eigenvalue weighted by atomic mass is 15.3. The molecule has 1 unspecified atom stereocenters. The van der Waals surface area contributed by atoms with Crippen LogP contribution < -0.4 is 10.2 Å². The van der Waals surface area contributed by atoms with Crippen LogP contribution in [-0.2, 0) is 6.42 Å². The molecule has 18 heavy (non-hydrogen) atoms. The van der Waals surface area contributed by atoms with Gasteiger partial charge >= 0.3 is 0 Å². The minimum atomic E-state index is 0.741. The molecule has 0 bridgehead atoms. The molecule has 0 aliphatic carbocycles. The number of rotatable bonds is 3. The normalized spacial score (nSPS) is 24.4. The van der Waals surface area contributed by atoms with E-state index in [9.17, 15) is 0 Å². The first-order chi connectivity index (χ1) is 8.92. The fourth-order valence-corrected chi connectivity index (χ4v) is 2.97. The quantitative estimate of drug-likeness (QED) is 0.880. The van der Waals surface area contributed by atoms with E-state index in [4.69, 9.17) is 0 Å². The number of hydrogen-bond donors (Lipinski definition) is 1. The molecule has 1 atom stereocenters. The molecule has 0 amide bonds. The van der Waals surface area contributed by atoms with E-state index >= 15 is 0 Å². The van der Waals surface area contributed by atoms with Crippen LogP contribution >= 0.6 is 0 Å². The summed E-state index contributed by atoms with van der Waals surface area (Å²) in [5.41, 5.74) is 1.15. The van der Waals surface area contributed by atoms with Gasteiger partial charge in [0.2, 0.25) is 0 Å². The average molecular weight is 246 g/mol. The van der Waals surface area contributed by atoms with E-state index in [0.29, 0.717) is 0 Å². The Morgan fingerprint density at radius 1 is 1.17 bits per heavy atom. The lowest BCUT2D eigenvalue weighted by molar-refractivity contribution is 0.372. The molecule has 3 rings (SSSR count). The van der Waals surface area contributed by atoms with Crippen LogP contribution in [0.3, 0.4) is 0 Å². The Labute approximate surface area is 109 Å². The van der Waals surface area contributed by atoms with Crippen LogP contribution in [-0.4, -0.2) is 36.4 Å². The van der Waals surface area contributed by atoms with Crippen molar-refractivity contribution in [3.05, 3.63) is 17.8 Å². The van der Waals surface area contributed by atoms with Crippen molar-refractivity contribution < 1.29 is 0 Å². The Bertz CT molecular complexity index is 364. The highest BCUT2D eigenvalue weighted by molar-refractivity contribution is 5.38. The second kappa shape index (κ2) is 5.65. The SMILES string of the molecule is c1cc(N2CCCC2)nnc1CC1CCCNC1. The monoisotopic (exact) mass is 246 g/mol. The number of aromatic nitrogens is 2. The molecule has 1 N–H and O–H groups in total. The molecule has 2 saturated heterocycles. The van der Waals surface area contributed by atoms with Crippen LogP contribution in [0.5, 0.6) is 0 Å². The number of anilines is 1. The van der Waals surface area contributed by atoms with E-state index in [1.807, 2.05) is 0 Å². The first-order valence-electron chi connectivity index (χ1n) is 7.20. The summed E-state index contributed by atoms with van der Waals surface area (Å²) in [4.78, 5) is 2.33. The van der Waals surface area contributed by atoms with Crippen LogP contribution in [0.15, 0.2) is 12.1 Å². The summed E-state index contributed by atoms with van der Waals surface area (Å²) in [7, 11) is 0. The van der Waals surface area contributed by atoms with Crippen molar-refractivity contribution in [1.82, 2.24) is 15.5 Å². The van der Waals surface area contributed by atoms with Gasteiger partial charge in [-0.15, -0.1) is 5.10 Å². The van der Waals surface area contributed by atoms with Crippen molar-refractivity contribution in [2.75, 3.05) is 31.1 Å². The smallest absolute Gasteiger partial charge is 0.151 e. The van der Waals surface area contributed by atoms with Crippen LogP contribution in [0.25, 0.3) is 0 Å². The minimum Gasteiger partial charge on any atom is -0.355 e. The molecule has 0 saturated carbocycles. The van der Waals surface area contributed by atoms with E-state index in [1.165, 1.54) is 32.2 Å². The fraction of sp³-hybridized carbons (Fsp3) is 0.714. The zero-order valence-electron chi connectivity index (χ0n) is 10.9. The predicted molar refractivity (Wildman–Crippen MR) is 72.8 cm³/mol. The van der Waals surface area contributed by atoms with Gasteiger partial charge in [0.25, 0.3) is 0 Å². The van der Waals surface area contributed by atoms with Gasteiger partial charge in [-0.2, -0.15) is 5.10 Å². The molecule has 1 aromatic rings. The average Bonchev–Trinajstić information content (AvgIpc) is 2.95. The van der Waals surface area contributed by atoms with Crippen LogP contribution in [0.4, 0.5) is 5.82 Å². The first kappa shape index (κ1) is 11.9. The summed E-state index contributed by atoms with van der Waals surface area (Å²) in [5, 5.41) is 12.2. The van der Waals surface area contributed by atoms with Gasteiger partial charge in [0.15, 0.2) is 5.82 Å². The lowest BCUT2D eigenvalue weighted by Gasteiger charge is -2.22. The van der Waals surface area contributed by atoms with Crippen molar-refractivity contribution in [1.29, 1.82) is 0 Å². The Morgan fingerprint density at radius 3 is 2.72 bits per heavy atom. The molecular weight excluding hydrogens is 224 g/mol. The number of nitrogens with zero attached hydrogens (tertiary/aromatic N) is 3. The molecule has 4 heteroatoms. The summed E-state index contributed by atoms with van der Waals surface area (Å²) in [6, 6.07) is 4.30. The Kier molecular flexibility index (Phi) is 3.74. The van der Waals surface area contributed by atoms with Crippen LogP contribution in [0.2, 0.25) is 0 Å². The molecule has 2 fully saturated rings. The van der Waals surface area contributed by atoms with Gasteiger partial charge in [0.1, 0.15) is 0 Å². The lowest BCUT2D eigenvalue weighted by atomic mass is 9.95. The zero-order valence-corrected chi connectivity index (χ0v) is 10.9. The molecule has 0 aromatic carbocycles. The molecular formula is C14H22N4. The van der Waals surface area contributed by atoms with Crippen molar-refractivity contribution in [2.45, 2.75) is 32.1 Å². The van der Waals surface area contributed by atoms with Gasteiger partial charge in [-0.1, -0.05) is 0 Å². The van der Waals surface area contributed by atoms with E-state index in [2.05, 4.69) is 32.5 Å². The van der Waals surface area contributed by atoms with Gasteiger partial charge in [-0.05, 0) is 63.2 Å². The molecule has 4 nitrogen and oxygen atoms in total. The van der Waals surface area contributed by atoms with E-state index in [-0.39, 0.29) is 0 Å². The second-order valence-electron chi connectivity index (χ2n) is 5.49. The van der Waals surface area contributed by atoms with Gasteiger partial charge in [0, 0.05) is 13.1 Å². The molecule has 0 spiro atoms. The van der Waals surface area contributed by atoms with Gasteiger partial charge in [-0.25, -0.2) is 0 Å². The summed E-state index contributed by atoms with van der Waals surface area (Å²) in [6.07, 6.45) is 6.27. The molecule has 2 aliphatic rings. The molecule has 98 valence electrons. The Balaban J connectivity index is 1.59. The summed E-state index contributed by atoms with van der Waals surface area (Å²) in [6.45, 7) is 4.59. The van der Waals surface area contributed by atoms with Crippen molar-refractivity contribution in [3.63, 3.8) is 0 Å². The molecule has 2 aliphatic heterocycles. The summed E-state index contributed by atoms with van der Waals surface area (Å²) < 4.78 is 0. The van der Waals surface area contributed by atoms with Gasteiger partial charge in [0.05, 0.1) is 5.69 Å². The highest BCUT2D eigenvalue weighted by Crippen LogP contribution is 2.19. The zero-order chi connectivity index (χ0) is 12.2. The highest BCUT2D eigenvalue weighted by Gasteiger charge is 2.16. The molecule has 3 heterocycles. The number of hydrogen-bond acceptors (Lipinski definition) is 4. The number of nitrogens with one attached hydrogen (secondary N) is 1. The Hall–Kier alpha value is -1.16. The lowest BCUT2D eigenvalue weighted by Crippen LogP contribution is -2.31. The maximum atomic E-state index is 4.40. The summed E-state index contributed by atoms with van der Waals surface area (Å²) >= 11 is 0. The van der Waals surface area contributed by atoms with E-state index in [0.717, 1.165) is 43.5 Å². The van der Waals surface area contributed by atoms with Crippen molar-refractivity contribution in [3.8, 4) is 0 Å². The number of piperidine rings is 1. The second-order valence-corrected chi connectivity index (χ2v) is 5.49. The van der Waals surface area contributed by atoms with Crippen molar-refractivity contribution in [2.24, 2.45) is 5.92 Å². The third-order valence-electron chi connectivity index (χ3n) is 4.03. The maximum absolute atomic E-state index is 4.40. The fourth-order valence-electron chi connectivity index (χ4n) is 2.97. The first-order valence-corrected chi connectivity index (χ1v) is 7.20. The van der Waals surface area contributed by atoms with Crippen LogP contribution in [0.1, 0.15) is 31.4 Å². The van der Waals surface area contributed by atoms with E-state index in [1.54, 1.807) is 0 Å². The minimum absolute atomic E-state index is 0.741. The molecule has 1 aromatic heterocycles.